The number of carbonyl (C=O) groups excluding carboxylic acids is 5. The lowest BCUT2D eigenvalue weighted by Gasteiger charge is -2.27. The van der Waals surface area contributed by atoms with Crippen LogP contribution in [0.4, 0.5) is 5.69 Å². The van der Waals surface area contributed by atoms with Crippen molar-refractivity contribution in [1.82, 2.24) is 15.1 Å². The molecule has 2 N–H and O–H groups in total. The second-order valence-corrected chi connectivity index (χ2v) is 31.9. The fourth-order valence-corrected chi connectivity index (χ4v) is 11.3. The Morgan fingerprint density at radius 3 is 1.24 bits per heavy atom. The summed E-state index contributed by atoms with van der Waals surface area (Å²) in [6.45, 7) is 45.4. The van der Waals surface area contributed by atoms with Crippen molar-refractivity contribution in [3.05, 3.63) is 65.2 Å². The summed E-state index contributed by atoms with van der Waals surface area (Å²) in [6, 6.07) is 17.0. The monoisotopic (exact) mass is 1860 g/mol. The number of esters is 5. The Hall–Kier alpha value is -1.83. The number of nitrogens with one attached hydrogen (secondary N) is 2. The lowest BCUT2D eigenvalue weighted by atomic mass is 9.81. The topological polar surface area (TPSA) is 156 Å². The number of thioether (sulfide) groups is 2. The largest absolute Gasteiger partial charge is 0.466 e. The van der Waals surface area contributed by atoms with Crippen molar-refractivity contribution in [2.75, 3.05) is 180 Å². The summed E-state index contributed by atoms with van der Waals surface area (Å²) in [5.74, 6) is 2.78. The molecule has 0 aromatic heterocycles. The van der Waals surface area contributed by atoms with Gasteiger partial charge in [0.05, 0.1) is 153 Å². The van der Waals surface area contributed by atoms with Gasteiger partial charge in [-0.2, -0.15) is 23.5 Å². The highest BCUT2D eigenvalue weighted by Gasteiger charge is 2.27. The zero-order valence-corrected chi connectivity index (χ0v) is 84.8. The van der Waals surface area contributed by atoms with E-state index in [0.717, 1.165) is 96.5 Å². The number of carbonyl (C=O) groups is 5. The molecule has 0 saturated heterocycles. The van der Waals surface area contributed by atoms with Crippen molar-refractivity contribution in [1.29, 1.82) is 0 Å². The van der Waals surface area contributed by atoms with Gasteiger partial charge in [-0.15, -0.1) is 67.9 Å². The maximum Gasteiger partial charge on any atom is 0.338 e. The molecule has 0 spiro atoms. The molecule has 0 aliphatic heterocycles. The molecule has 0 heterocycles. The molecule has 4 rings (SSSR count). The molecule has 1 unspecified atom stereocenters. The van der Waals surface area contributed by atoms with E-state index in [2.05, 4.69) is 167 Å². The van der Waals surface area contributed by atoms with Crippen LogP contribution >= 0.6 is 91.4 Å². The van der Waals surface area contributed by atoms with Crippen molar-refractivity contribution in [2.45, 2.75) is 271 Å². The number of hydrogen-bond acceptors (Lipinski definition) is 14. The van der Waals surface area contributed by atoms with Crippen LogP contribution < -0.4 is 15.1 Å². The van der Waals surface area contributed by atoms with Crippen molar-refractivity contribution in [2.24, 2.45) is 17.8 Å². The first-order valence-electron chi connectivity index (χ1n) is 41.9. The van der Waals surface area contributed by atoms with Gasteiger partial charge >= 0.3 is 29.8 Å². The van der Waals surface area contributed by atoms with E-state index in [1.807, 2.05) is 78.9 Å². The number of nitrogens with zero attached hydrogens (tertiary/aromatic N) is 4. The maximum atomic E-state index is 11.4. The minimum atomic E-state index is -0.245. The fourth-order valence-electron chi connectivity index (χ4n) is 10.2. The first-order chi connectivity index (χ1) is 50.3. The van der Waals surface area contributed by atoms with Gasteiger partial charge < -0.3 is 47.8 Å². The molecular weight excluding hydrogens is 1680 g/mol. The van der Waals surface area contributed by atoms with Crippen LogP contribution in [0.5, 0.6) is 0 Å². The molecule has 0 radical (unpaired) electrons. The van der Waals surface area contributed by atoms with E-state index >= 15 is 0 Å². The average Bonchev–Trinajstić information content (AvgIpc) is 0.856. The van der Waals surface area contributed by atoms with Gasteiger partial charge in [-0.3, -0.25) is 23.7 Å². The van der Waals surface area contributed by atoms with E-state index in [9.17, 15) is 24.0 Å². The Morgan fingerprint density at radius 1 is 0.445 bits per heavy atom. The fraction of sp³-hybridized carbons (Fsp3) is 0.807. The van der Waals surface area contributed by atoms with Gasteiger partial charge in [-0.05, 0) is 207 Å². The standard InChI is InChI=1S/C12H20N.C11H20O2.C11H14O2.C10H19NO2.C8H20N.C8H16O2.C7H19N2.C7H18NS.C7H14O2S.C7H16.4BrH/c1-5-11-7-9-12(10-8-11)13(3,4)6-2;1-3-13-11(12)9(2)10-7-5-4-6-8-10;1-3-9-5-7-10(8-6-9)11(12)13-4-2;1-3-13-10(12)8-4-6-9(11-2)7-5-8;1-5-7-8-9(3,4)6-2;1-3-5-6-7-8(9)10-4-2;1-5-9(3,4)7-6-8-2;1-5-8(2,3)6-7-9-4;1-3-9-7(8)5-4-6-10-2;1-3-5-7-6-4-2;;;;/h7-10H,5-6H2,1-4H3;9-10H,3-8H2,1-2H3;5-8H,3-4H2,1-2H3;8-9,11H,3-7H2,1-2H3;5-8H2,1-4H3;3-7H2,1-2H3;8H,5-7H2,1-4H3;5-7H2,1-4H3;3-6H2,1-2H3;3-7H2,1-2H3;4*1H/q+1;;;;+1;;2*+1;;;;;;. The second-order valence-electron chi connectivity index (χ2n) is 29.9. The molecule has 1 atom stereocenters. The van der Waals surface area contributed by atoms with Crippen molar-refractivity contribution in [3.8, 4) is 0 Å². The minimum Gasteiger partial charge on any atom is -0.466 e. The highest BCUT2D eigenvalue weighted by Crippen LogP contribution is 2.30. The van der Waals surface area contributed by atoms with E-state index < -0.39 is 0 Å². The molecule has 110 heavy (non-hydrogen) atoms. The molecule has 2 aliphatic carbocycles. The van der Waals surface area contributed by atoms with E-state index in [1.54, 1.807) is 30.8 Å². The molecule has 16 nitrogen and oxygen atoms in total. The second kappa shape index (κ2) is 88.0. The van der Waals surface area contributed by atoms with E-state index in [4.69, 9.17) is 23.7 Å². The number of hydrogen-bond donors (Lipinski definition) is 2. The van der Waals surface area contributed by atoms with E-state index in [0.29, 0.717) is 63.4 Å². The molecule has 0 amide bonds. The Bertz CT molecular complexity index is 2230. The highest BCUT2D eigenvalue weighted by molar-refractivity contribution is 8.93. The Kier molecular flexibility index (Phi) is 103. The number of aryl methyl sites for hydroxylation is 2. The van der Waals surface area contributed by atoms with Crippen LogP contribution in [0.1, 0.15) is 274 Å². The van der Waals surface area contributed by atoms with Crippen LogP contribution in [0.15, 0.2) is 48.5 Å². The van der Waals surface area contributed by atoms with Gasteiger partial charge in [0.25, 0.3) is 0 Å². The minimum absolute atomic E-state index is 0. The summed E-state index contributed by atoms with van der Waals surface area (Å²) in [6.07, 6.45) is 31.8. The molecular formula is C88H180Br4N6O10S2+4. The number of unbranched alkanes of at least 4 members (excludes halogenated alkanes) is 7. The van der Waals surface area contributed by atoms with Crippen LogP contribution in [0.2, 0.25) is 0 Å². The zero-order valence-electron chi connectivity index (χ0n) is 76.3. The van der Waals surface area contributed by atoms with Gasteiger partial charge in [-0.1, -0.05) is 143 Å². The van der Waals surface area contributed by atoms with Gasteiger partial charge in [-0.25, -0.2) is 4.79 Å². The highest BCUT2D eigenvalue weighted by atomic mass is 79.9. The van der Waals surface area contributed by atoms with Gasteiger partial charge in [0, 0.05) is 31.2 Å². The van der Waals surface area contributed by atoms with Gasteiger partial charge in [0.15, 0.2) is 0 Å². The third-order valence-electron chi connectivity index (χ3n) is 19.6. The lowest BCUT2D eigenvalue weighted by Crippen LogP contribution is -2.43. The van der Waals surface area contributed by atoms with Crippen LogP contribution in [0.3, 0.4) is 0 Å². The summed E-state index contributed by atoms with van der Waals surface area (Å²) in [4.78, 5) is 55.4. The molecule has 2 saturated carbocycles. The third kappa shape index (κ3) is 81.3. The number of benzene rings is 2. The van der Waals surface area contributed by atoms with Crippen molar-refractivity contribution >= 4 is 127 Å². The lowest BCUT2D eigenvalue weighted by molar-refractivity contribution is -0.888. The summed E-state index contributed by atoms with van der Waals surface area (Å²) in [5.41, 5.74) is 4.66. The number of halogens is 4. The first kappa shape index (κ1) is 129. The third-order valence-corrected chi connectivity index (χ3v) is 20.9. The summed E-state index contributed by atoms with van der Waals surface area (Å²) < 4.78 is 28.8. The van der Waals surface area contributed by atoms with Crippen molar-refractivity contribution < 1.29 is 61.1 Å². The molecule has 22 heteroatoms. The Morgan fingerprint density at radius 2 is 0.855 bits per heavy atom. The van der Waals surface area contributed by atoms with Crippen molar-refractivity contribution in [3.63, 3.8) is 0 Å². The first-order valence-corrected chi connectivity index (χ1v) is 44.7. The molecule has 0 bridgehead atoms. The number of likely N-dealkylation sites (N-methyl/N-ethyl adjacent to an activating group) is 2. The number of quaternary nitrogens is 4. The maximum absolute atomic E-state index is 11.4. The molecule has 2 aromatic carbocycles. The van der Waals surface area contributed by atoms with E-state index in [1.165, 1.54) is 143 Å². The normalized spacial score (nSPS) is 13.6. The smallest absolute Gasteiger partial charge is 0.338 e. The predicted molar refractivity (Wildman–Crippen MR) is 506 cm³/mol. The predicted octanol–water partition coefficient (Wildman–Crippen LogP) is 22.1. The van der Waals surface area contributed by atoms with E-state index in [-0.39, 0.29) is 110 Å². The molecule has 2 aromatic rings. The average molecular weight is 1870 g/mol. The van der Waals surface area contributed by atoms with Gasteiger partial charge in [0.2, 0.25) is 0 Å². The molecule has 658 valence electrons. The Labute approximate surface area is 731 Å². The quantitative estimate of drug-likeness (QED) is 0.0283. The van der Waals surface area contributed by atoms with Crippen LogP contribution in [-0.2, 0) is 55.7 Å². The van der Waals surface area contributed by atoms with Crippen LogP contribution in [-0.4, -0.2) is 229 Å². The van der Waals surface area contributed by atoms with Crippen LogP contribution in [0, 0.1) is 17.8 Å². The number of rotatable bonds is 38. The SMILES string of the molecule is Br.Br.Br.Br.CCCCCC(=O)OCC.CCCCCCC.CCCC[N+](C)(C)CC.CCOC(=O)C(C)C1CCCCC1.CCOC(=O)C1CCC(NC)CC1.CCOC(=O)CCCSC.CCOC(=O)c1ccc(CC)cc1.CC[N+](C)(C)CCNC.CC[N+](C)(C)CCSC.CCc1ccc([N+](C)(C)CC)cc1. The van der Waals surface area contributed by atoms with Crippen LogP contribution in [0.25, 0.3) is 0 Å². The molecule has 2 aliphatic rings. The summed E-state index contributed by atoms with van der Waals surface area (Å²) in [7, 11) is 22.1. The summed E-state index contributed by atoms with van der Waals surface area (Å²) in [5, 5.41) is 6.39. The molecule has 2 fully saturated rings. The Balaban J connectivity index is -0.000000126. The van der Waals surface area contributed by atoms with Gasteiger partial charge in [0.1, 0.15) is 5.69 Å². The summed E-state index contributed by atoms with van der Waals surface area (Å²) >= 11 is 3.68. The number of ether oxygens (including phenoxy) is 5. The zero-order chi connectivity index (χ0) is 82.1.